The van der Waals surface area contributed by atoms with E-state index in [1.165, 1.54) is 41.3 Å². The number of amides is 3. The second-order valence-corrected chi connectivity index (χ2v) is 7.03. The van der Waals surface area contributed by atoms with Crippen molar-refractivity contribution < 1.29 is 18.8 Å². The summed E-state index contributed by atoms with van der Waals surface area (Å²) in [4.78, 5) is 38.8. The molecule has 9 heteroatoms. The van der Waals surface area contributed by atoms with Crippen LogP contribution >= 0.6 is 23.2 Å². The zero-order valence-electron chi connectivity index (χ0n) is 14.5. The predicted octanol–water partition coefficient (Wildman–Crippen LogP) is 3.10. The molecule has 3 amide bonds. The van der Waals surface area contributed by atoms with Crippen molar-refractivity contribution in [3.8, 4) is 0 Å². The molecule has 6 nitrogen and oxygen atoms in total. The third kappa shape index (κ3) is 4.61. The van der Waals surface area contributed by atoms with Gasteiger partial charge in [-0.2, -0.15) is 0 Å². The number of piperazine rings is 1. The van der Waals surface area contributed by atoms with Crippen LogP contribution in [-0.2, 0) is 9.59 Å². The van der Waals surface area contributed by atoms with Gasteiger partial charge in [-0.3, -0.25) is 14.4 Å². The summed E-state index contributed by atoms with van der Waals surface area (Å²) >= 11 is 11.9. The van der Waals surface area contributed by atoms with Gasteiger partial charge in [-0.1, -0.05) is 23.2 Å². The average molecular weight is 424 g/mol. The first-order chi connectivity index (χ1) is 13.3. The van der Waals surface area contributed by atoms with Crippen LogP contribution in [0.4, 0.5) is 10.1 Å². The molecular formula is C19H16Cl2FN3O3. The fourth-order valence-electron chi connectivity index (χ4n) is 2.89. The number of hydrogen-bond acceptors (Lipinski definition) is 3. The number of halogens is 3. The number of nitrogens with zero attached hydrogens (tertiary/aromatic N) is 1. The maximum absolute atomic E-state index is 13.1. The highest BCUT2D eigenvalue weighted by Crippen LogP contribution is 2.26. The van der Waals surface area contributed by atoms with Gasteiger partial charge >= 0.3 is 0 Å². The molecule has 3 rings (SSSR count). The number of hydrogen-bond donors (Lipinski definition) is 2. The van der Waals surface area contributed by atoms with Gasteiger partial charge in [-0.25, -0.2) is 4.39 Å². The summed E-state index contributed by atoms with van der Waals surface area (Å²) in [6.07, 6.45) is -0.262. The Labute approximate surface area is 170 Å². The van der Waals surface area contributed by atoms with Crippen molar-refractivity contribution >= 4 is 46.6 Å². The van der Waals surface area contributed by atoms with E-state index < -0.39 is 29.6 Å². The summed E-state index contributed by atoms with van der Waals surface area (Å²) in [6, 6.07) is 8.63. The second-order valence-electron chi connectivity index (χ2n) is 6.19. The van der Waals surface area contributed by atoms with Crippen LogP contribution in [0.5, 0.6) is 0 Å². The lowest BCUT2D eigenvalue weighted by molar-refractivity contribution is -0.131. The largest absolute Gasteiger partial charge is 0.353 e. The Hall–Kier alpha value is -2.64. The van der Waals surface area contributed by atoms with E-state index in [1.54, 1.807) is 6.07 Å². The summed E-state index contributed by atoms with van der Waals surface area (Å²) in [7, 11) is 0. The number of benzene rings is 2. The molecule has 0 bridgehead atoms. The van der Waals surface area contributed by atoms with Crippen LogP contribution in [0.15, 0.2) is 42.5 Å². The zero-order valence-corrected chi connectivity index (χ0v) is 16.1. The smallest absolute Gasteiger partial charge is 0.254 e. The minimum atomic E-state index is -0.996. The fraction of sp³-hybridized carbons (Fsp3) is 0.211. The van der Waals surface area contributed by atoms with Gasteiger partial charge in [0.2, 0.25) is 11.8 Å². The van der Waals surface area contributed by atoms with Crippen molar-refractivity contribution in [2.24, 2.45) is 0 Å². The lowest BCUT2D eigenvalue weighted by atomic mass is 10.1. The van der Waals surface area contributed by atoms with Crippen molar-refractivity contribution in [1.29, 1.82) is 0 Å². The standard InChI is InChI=1S/C19H16Cl2FN3O3/c20-12-3-6-14(21)15(9-12)24-17(26)10-16-18(27)23-7-8-25(16)19(28)11-1-4-13(22)5-2-11/h1-6,9,16H,7-8,10H2,(H,23,27)(H,24,26)/t16-/m1/s1. The molecule has 2 N–H and O–H groups in total. The zero-order chi connectivity index (χ0) is 20.3. The maximum Gasteiger partial charge on any atom is 0.254 e. The highest BCUT2D eigenvalue weighted by molar-refractivity contribution is 6.35. The second kappa shape index (κ2) is 8.58. The highest BCUT2D eigenvalue weighted by Gasteiger charge is 2.35. The van der Waals surface area contributed by atoms with E-state index in [4.69, 9.17) is 23.2 Å². The van der Waals surface area contributed by atoms with Crippen LogP contribution in [0, 0.1) is 5.82 Å². The summed E-state index contributed by atoms with van der Waals surface area (Å²) < 4.78 is 13.1. The number of nitrogens with one attached hydrogen (secondary N) is 2. The van der Waals surface area contributed by atoms with Gasteiger partial charge in [0.25, 0.3) is 5.91 Å². The normalized spacial score (nSPS) is 16.5. The number of anilines is 1. The van der Waals surface area contributed by atoms with E-state index in [1.807, 2.05) is 0 Å². The molecule has 2 aromatic rings. The van der Waals surface area contributed by atoms with Gasteiger partial charge in [0.15, 0.2) is 0 Å². The topological polar surface area (TPSA) is 78.5 Å². The van der Waals surface area contributed by atoms with E-state index in [9.17, 15) is 18.8 Å². The first-order valence-electron chi connectivity index (χ1n) is 8.44. The summed E-state index contributed by atoms with van der Waals surface area (Å²) in [5.74, 6) is -1.85. The minimum absolute atomic E-state index is 0.234. The molecule has 0 spiro atoms. The highest BCUT2D eigenvalue weighted by atomic mass is 35.5. The van der Waals surface area contributed by atoms with Crippen molar-refractivity contribution in [3.05, 3.63) is 63.9 Å². The third-order valence-electron chi connectivity index (χ3n) is 4.26. The average Bonchev–Trinajstić information content (AvgIpc) is 2.66. The Morgan fingerprint density at radius 1 is 1.18 bits per heavy atom. The van der Waals surface area contributed by atoms with Gasteiger partial charge in [0.05, 0.1) is 17.1 Å². The van der Waals surface area contributed by atoms with E-state index in [0.717, 1.165) is 0 Å². The number of carbonyl (C=O) groups is 3. The lowest BCUT2D eigenvalue weighted by Gasteiger charge is -2.34. The fourth-order valence-corrected chi connectivity index (χ4v) is 3.23. The van der Waals surface area contributed by atoms with Crippen LogP contribution in [-0.4, -0.2) is 41.8 Å². The molecule has 0 saturated carbocycles. The van der Waals surface area contributed by atoms with Gasteiger partial charge in [-0.05, 0) is 42.5 Å². The molecule has 1 fully saturated rings. The van der Waals surface area contributed by atoms with Crippen molar-refractivity contribution in [1.82, 2.24) is 10.2 Å². The lowest BCUT2D eigenvalue weighted by Crippen LogP contribution is -2.58. The molecule has 1 heterocycles. The monoisotopic (exact) mass is 423 g/mol. The Kier molecular flexibility index (Phi) is 6.16. The molecule has 146 valence electrons. The Bertz CT molecular complexity index is 921. The quantitative estimate of drug-likeness (QED) is 0.792. The Morgan fingerprint density at radius 2 is 1.89 bits per heavy atom. The van der Waals surface area contributed by atoms with Crippen molar-refractivity contribution in [3.63, 3.8) is 0 Å². The summed E-state index contributed by atoms with van der Waals surface area (Å²) in [5, 5.41) is 5.94. The molecule has 1 saturated heterocycles. The summed E-state index contributed by atoms with van der Waals surface area (Å²) in [5.41, 5.74) is 0.547. The van der Waals surface area contributed by atoms with Crippen LogP contribution in [0.25, 0.3) is 0 Å². The molecule has 0 unspecified atom stereocenters. The first-order valence-corrected chi connectivity index (χ1v) is 9.20. The molecule has 0 radical (unpaired) electrons. The molecule has 1 aliphatic heterocycles. The van der Waals surface area contributed by atoms with E-state index >= 15 is 0 Å². The maximum atomic E-state index is 13.1. The molecule has 2 aromatic carbocycles. The van der Waals surface area contributed by atoms with Gasteiger partial charge in [0.1, 0.15) is 11.9 Å². The summed E-state index contributed by atoms with van der Waals surface area (Å²) in [6.45, 7) is 0.502. The van der Waals surface area contributed by atoms with Crippen molar-refractivity contribution in [2.45, 2.75) is 12.5 Å². The van der Waals surface area contributed by atoms with Crippen LogP contribution in [0.2, 0.25) is 10.0 Å². The minimum Gasteiger partial charge on any atom is -0.353 e. The molecular weight excluding hydrogens is 408 g/mol. The van der Waals surface area contributed by atoms with E-state index in [-0.39, 0.29) is 25.1 Å². The molecule has 0 aromatic heterocycles. The van der Waals surface area contributed by atoms with Crippen molar-refractivity contribution in [2.75, 3.05) is 18.4 Å². The Morgan fingerprint density at radius 3 is 2.61 bits per heavy atom. The van der Waals surface area contributed by atoms with Gasteiger partial charge in [-0.15, -0.1) is 0 Å². The molecule has 1 atom stereocenters. The molecule has 1 aliphatic rings. The van der Waals surface area contributed by atoms with E-state index in [2.05, 4.69) is 10.6 Å². The third-order valence-corrected chi connectivity index (χ3v) is 4.83. The van der Waals surface area contributed by atoms with E-state index in [0.29, 0.717) is 15.7 Å². The Balaban J connectivity index is 1.76. The van der Waals surface area contributed by atoms with Crippen LogP contribution < -0.4 is 10.6 Å². The number of carbonyl (C=O) groups excluding carboxylic acids is 3. The molecule has 28 heavy (non-hydrogen) atoms. The van der Waals surface area contributed by atoms with Crippen LogP contribution in [0.3, 0.4) is 0 Å². The first kappa shape index (κ1) is 20.1. The molecule has 0 aliphatic carbocycles. The SMILES string of the molecule is O=C(C[C@@H]1C(=O)NCCN1C(=O)c1ccc(F)cc1)Nc1cc(Cl)ccc1Cl. The van der Waals surface area contributed by atoms with Gasteiger partial charge < -0.3 is 15.5 Å². The number of rotatable bonds is 4. The predicted molar refractivity (Wildman–Crippen MR) is 104 cm³/mol. The van der Waals surface area contributed by atoms with Crippen LogP contribution in [0.1, 0.15) is 16.8 Å². The van der Waals surface area contributed by atoms with Gasteiger partial charge in [0, 0.05) is 23.7 Å².